The van der Waals surface area contributed by atoms with Gasteiger partial charge in [0.2, 0.25) is 0 Å². The second-order valence-electron chi connectivity index (χ2n) is 4.69. The molecule has 2 heterocycles. The van der Waals surface area contributed by atoms with Gasteiger partial charge in [0.05, 0.1) is 13.2 Å². The number of nitrogens with zero attached hydrogens (tertiary/aromatic N) is 4. The molecule has 0 radical (unpaired) electrons. The van der Waals surface area contributed by atoms with Gasteiger partial charge in [-0.2, -0.15) is 0 Å². The van der Waals surface area contributed by atoms with Crippen LogP contribution in [0.25, 0.3) is 5.82 Å². The van der Waals surface area contributed by atoms with E-state index in [0.29, 0.717) is 19.1 Å². The summed E-state index contributed by atoms with van der Waals surface area (Å²) in [5.41, 5.74) is 6.86. The van der Waals surface area contributed by atoms with Gasteiger partial charge in [-0.25, -0.2) is 15.0 Å². The van der Waals surface area contributed by atoms with Crippen LogP contribution in [0.1, 0.15) is 12.5 Å². The van der Waals surface area contributed by atoms with E-state index < -0.39 is 0 Å². The molecule has 0 aliphatic heterocycles. The van der Waals surface area contributed by atoms with Crippen LogP contribution in [0.5, 0.6) is 0 Å². The fourth-order valence-electron chi connectivity index (χ4n) is 1.86. The average Bonchev–Trinajstić information content (AvgIpc) is 3.00. The molecule has 8 heteroatoms. The summed E-state index contributed by atoms with van der Waals surface area (Å²) in [6.07, 6.45) is 7.01. The molecule has 0 amide bonds. The zero-order valence-corrected chi connectivity index (χ0v) is 15.0. The van der Waals surface area contributed by atoms with Crippen LogP contribution in [0.15, 0.2) is 42.0 Å². The smallest absolute Gasteiger partial charge is 0.189 e. The minimum atomic E-state index is 0. The summed E-state index contributed by atoms with van der Waals surface area (Å²) >= 11 is 0. The van der Waals surface area contributed by atoms with Gasteiger partial charge in [-0.05, 0) is 24.6 Å². The van der Waals surface area contributed by atoms with E-state index >= 15 is 0 Å². The van der Waals surface area contributed by atoms with Gasteiger partial charge < -0.3 is 15.8 Å². The number of aliphatic imine (C=N–C) groups is 1. The fourth-order valence-corrected chi connectivity index (χ4v) is 1.86. The van der Waals surface area contributed by atoms with E-state index in [9.17, 15) is 0 Å². The Labute approximate surface area is 147 Å². The molecule has 0 fully saturated rings. The van der Waals surface area contributed by atoms with Crippen molar-refractivity contribution < 1.29 is 4.74 Å². The van der Waals surface area contributed by atoms with E-state index in [1.165, 1.54) is 0 Å². The highest BCUT2D eigenvalue weighted by Gasteiger charge is 2.02. The van der Waals surface area contributed by atoms with Gasteiger partial charge in [0, 0.05) is 31.7 Å². The van der Waals surface area contributed by atoms with Gasteiger partial charge in [0.1, 0.15) is 12.1 Å². The van der Waals surface area contributed by atoms with Crippen molar-refractivity contribution >= 4 is 29.9 Å². The van der Waals surface area contributed by atoms with Crippen molar-refractivity contribution in [1.82, 2.24) is 19.9 Å². The Morgan fingerprint density at radius 1 is 1.50 bits per heavy atom. The molecule has 120 valence electrons. The average molecular weight is 416 g/mol. The first-order valence-electron chi connectivity index (χ1n) is 6.67. The summed E-state index contributed by atoms with van der Waals surface area (Å²) < 4.78 is 6.88. The topological polar surface area (TPSA) is 90.4 Å². The van der Waals surface area contributed by atoms with Crippen molar-refractivity contribution in [2.45, 2.75) is 19.5 Å². The summed E-state index contributed by atoms with van der Waals surface area (Å²) in [6, 6.07) is 3.99. The van der Waals surface area contributed by atoms with E-state index in [-0.39, 0.29) is 30.0 Å². The van der Waals surface area contributed by atoms with E-state index in [4.69, 9.17) is 10.5 Å². The zero-order chi connectivity index (χ0) is 15.1. The summed E-state index contributed by atoms with van der Waals surface area (Å²) in [5, 5.41) is 3.07. The maximum atomic E-state index is 5.84. The molecule has 1 atom stereocenters. The Balaban J connectivity index is 0.00000242. The zero-order valence-electron chi connectivity index (χ0n) is 12.6. The lowest BCUT2D eigenvalue weighted by atomic mass is 10.2. The number of nitrogens with one attached hydrogen (secondary N) is 1. The van der Waals surface area contributed by atoms with Gasteiger partial charge in [-0.15, -0.1) is 24.0 Å². The van der Waals surface area contributed by atoms with Gasteiger partial charge in [0.15, 0.2) is 5.96 Å². The van der Waals surface area contributed by atoms with E-state index in [2.05, 4.69) is 20.3 Å². The Hall–Kier alpha value is -1.68. The molecule has 2 aromatic heterocycles. The van der Waals surface area contributed by atoms with Crippen LogP contribution < -0.4 is 11.1 Å². The third-order valence-corrected chi connectivity index (χ3v) is 2.82. The normalized spacial score (nSPS) is 12.5. The molecule has 3 N–H and O–H groups in total. The molecule has 0 saturated carbocycles. The number of nitrogens with two attached hydrogens (primary N) is 1. The van der Waals surface area contributed by atoms with Gasteiger partial charge in [0.25, 0.3) is 0 Å². The van der Waals surface area contributed by atoms with Crippen LogP contribution in [0.4, 0.5) is 0 Å². The monoisotopic (exact) mass is 416 g/mol. The third kappa shape index (κ3) is 5.60. The molecule has 0 saturated heterocycles. The fraction of sp³-hybridized carbons (Fsp3) is 0.357. The molecule has 0 bridgehead atoms. The van der Waals surface area contributed by atoms with Crippen molar-refractivity contribution in [3.05, 3.63) is 42.6 Å². The number of ether oxygens (including phenoxy) is 1. The highest BCUT2D eigenvalue weighted by atomic mass is 127. The largest absolute Gasteiger partial charge is 0.383 e. The number of methoxy groups -OCH3 is 1. The lowest BCUT2D eigenvalue weighted by Crippen LogP contribution is -2.40. The molecule has 0 aliphatic rings. The number of hydrogen-bond acceptors (Lipinski definition) is 4. The van der Waals surface area contributed by atoms with Crippen molar-refractivity contribution in [2.24, 2.45) is 10.7 Å². The minimum Gasteiger partial charge on any atom is -0.383 e. The minimum absolute atomic E-state index is 0. The number of rotatable bonds is 6. The molecule has 2 rings (SSSR count). The van der Waals surface area contributed by atoms with E-state index in [1.54, 1.807) is 25.8 Å². The van der Waals surface area contributed by atoms with Crippen LogP contribution in [-0.2, 0) is 11.3 Å². The number of guanidine groups is 1. The van der Waals surface area contributed by atoms with E-state index in [0.717, 1.165) is 11.4 Å². The first-order chi connectivity index (χ1) is 10.2. The van der Waals surface area contributed by atoms with Crippen LogP contribution >= 0.6 is 24.0 Å². The molecule has 0 aromatic carbocycles. The molecule has 7 nitrogen and oxygen atoms in total. The number of hydrogen-bond donors (Lipinski definition) is 2. The number of aromatic nitrogens is 3. The molecule has 1 unspecified atom stereocenters. The van der Waals surface area contributed by atoms with Gasteiger partial charge in [-0.3, -0.25) is 4.57 Å². The summed E-state index contributed by atoms with van der Waals surface area (Å²) in [7, 11) is 1.65. The Morgan fingerprint density at radius 2 is 2.32 bits per heavy atom. The lowest BCUT2D eigenvalue weighted by molar-refractivity contribution is 0.179. The second-order valence-corrected chi connectivity index (χ2v) is 4.69. The molecule has 22 heavy (non-hydrogen) atoms. The van der Waals surface area contributed by atoms with Gasteiger partial charge in [-0.1, -0.05) is 0 Å². The first-order valence-corrected chi connectivity index (χ1v) is 6.67. The predicted molar refractivity (Wildman–Crippen MR) is 96.6 cm³/mol. The maximum Gasteiger partial charge on any atom is 0.189 e. The summed E-state index contributed by atoms with van der Waals surface area (Å²) in [6.45, 7) is 3.05. The molecule has 0 aliphatic carbocycles. The van der Waals surface area contributed by atoms with E-state index in [1.807, 2.05) is 29.8 Å². The number of imidazole rings is 1. The molecular weight excluding hydrogens is 395 g/mol. The van der Waals surface area contributed by atoms with Crippen LogP contribution in [0.3, 0.4) is 0 Å². The highest BCUT2D eigenvalue weighted by Crippen LogP contribution is 2.07. The van der Waals surface area contributed by atoms with Crippen molar-refractivity contribution in [2.75, 3.05) is 13.7 Å². The first kappa shape index (κ1) is 18.4. The van der Waals surface area contributed by atoms with Crippen LogP contribution in [0, 0.1) is 0 Å². The molecule has 2 aromatic rings. The second kappa shape index (κ2) is 9.36. The standard InChI is InChI=1S/C14H20N6O.HI/c1-11(9-21-2)19-14(15)18-8-12-3-4-17-13(7-12)20-6-5-16-10-20;/h3-7,10-11H,8-9H2,1-2H3,(H3,15,18,19);1H. The number of pyridine rings is 1. The molecular formula is C14H21IN6O. The van der Waals surface area contributed by atoms with Crippen LogP contribution in [-0.4, -0.2) is 40.3 Å². The van der Waals surface area contributed by atoms with Gasteiger partial charge >= 0.3 is 0 Å². The van der Waals surface area contributed by atoms with Crippen molar-refractivity contribution in [1.29, 1.82) is 0 Å². The SMILES string of the molecule is COCC(C)NC(N)=NCc1ccnc(-n2ccnc2)c1.I. The molecule has 0 spiro atoms. The number of halogens is 1. The summed E-state index contributed by atoms with van der Waals surface area (Å²) in [5.74, 6) is 1.21. The highest BCUT2D eigenvalue weighted by molar-refractivity contribution is 14.0. The third-order valence-electron chi connectivity index (χ3n) is 2.82. The van der Waals surface area contributed by atoms with Crippen molar-refractivity contribution in [3.63, 3.8) is 0 Å². The van der Waals surface area contributed by atoms with Crippen LogP contribution in [0.2, 0.25) is 0 Å². The lowest BCUT2D eigenvalue weighted by Gasteiger charge is -2.13. The van der Waals surface area contributed by atoms with Crippen molar-refractivity contribution in [3.8, 4) is 5.82 Å². The Bertz CT molecular complexity index is 587. The summed E-state index contributed by atoms with van der Waals surface area (Å²) in [4.78, 5) is 12.6. The predicted octanol–water partition coefficient (Wildman–Crippen LogP) is 1.32. The maximum absolute atomic E-state index is 5.84. The quantitative estimate of drug-likeness (QED) is 0.421. The Morgan fingerprint density at radius 3 is 3.00 bits per heavy atom. The Kier molecular flexibility index (Phi) is 7.82.